The molecular weight excluding hydrogens is 186 g/mol. The molecule has 1 unspecified atom stereocenters. The normalized spacial score (nSPS) is 20.8. The first-order valence-corrected chi connectivity index (χ1v) is 5.27. The van der Waals surface area contributed by atoms with Crippen LogP contribution in [-0.2, 0) is 0 Å². The molecule has 1 aliphatic carbocycles. The molecule has 13 heavy (non-hydrogen) atoms. The largest absolute Gasteiger partial charge is 0.263 e. The Morgan fingerprint density at radius 1 is 1.46 bits per heavy atom. The molecule has 0 aliphatic heterocycles. The fraction of sp³-hybridized carbons (Fsp3) is 0.778. The van der Waals surface area contributed by atoms with Crippen molar-refractivity contribution in [1.29, 1.82) is 0 Å². The van der Waals surface area contributed by atoms with Crippen LogP contribution in [0.4, 0.5) is 0 Å². The molecule has 1 fully saturated rings. The first kappa shape index (κ1) is 9.00. The number of aromatic amines is 1. The van der Waals surface area contributed by atoms with Gasteiger partial charge in [-0.1, -0.05) is 12.8 Å². The third kappa shape index (κ3) is 1.85. The van der Waals surface area contributed by atoms with E-state index in [9.17, 15) is 0 Å². The van der Waals surface area contributed by atoms with E-state index in [-0.39, 0.29) is 5.38 Å². The van der Waals surface area contributed by atoms with Gasteiger partial charge in [0.15, 0.2) is 5.82 Å². The predicted molar refractivity (Wildman–Crippen MR) is 51.9 cm³/mol. The number of rotatable bonds is 2. The summed E-state index contributed by atoms with van der Waals surface area (Å²) < 4.78 is 0. The highest BCUT2D eigenvalue weighted by Gasteiger charge is 2.21. The van der Waals surface area contributed by atoms with E-state index in [4.69, 9.17) is 11.6 Å². The van der Waals surface area contributed by atoms with E-state index >= 15 is 0 Å². The summed E-state index contributed by atoms with van der Waals surface area (Å²) in [7, 11) is 0. The molecule has 1 saturated carbocycles. The van der Waals surface area contributed by atoms with Crippen LogP contribution in [0.1, 0.15) is 55.6 Å². The van der Waals surface area contributed by atoms with Gasteiger partial charge < -0.3 is 0 Å². The van der Waals surface area contributed by atoms with Crippen LogP contribution in [0.25, 0.3) is 0 Å². The quantitative estimate of drug-likeness (QED) is 0.745. The van der Waals surface area contributed by atoms with E-state index in [2.05, 4.69) is 15.2 Å². The molecule has 0 spiro atoms. The second-order valence-electron chi connectivity index (χ2n) is 3.68. The standard InChI is InChI=1S/C9H14ClN3/c1-6(10)8-11-9(13-12-8)7-4-2-3-5-7/h6-7H,2-5H2,1H3,(H,11,12,13). The Balaban J connectivity index is 2.12. The summed E-state index contributed by atoms with van der Waals surface area (Å²) in [5.41, 5.74) is 0. The minimum Gasteiger partial charge on any atom is -0.263 e. The van der Waals surface area contributed by atoms with Gasteiger partial charge in [-0.25, -0.2) is 4.98 Å². The highest BCUT2D eigenvalue weighted by atomic mass is 35.5. The zero-order valence-corrected chi connectivity index (χ0v) is 8.51. The average Bonchev–Trinajstić information content (AvgIpc) is 2.75. The van der Waals surface area contributed by atoms with Crippen LogP contribution in [-0.4, -0.2) is 15.2 Å². The highest BCUT2D eigenvalue weighted by Crippen LogP contribution is 2.32. The molecule has 0 aromatic carbocycles. The fourth-order valence-electron chi connectivity index (χ4n) is 1.85. The summed E-state index contributed by atoms with van der Waals surface area (Å²) in [6.07, 6.45) is 5.12. The Labute approximate surface area is 82.9 Å². The summed E-state index contributed by atoms with van der Waals surface area (Å²) in [6.45, 7) is 1.89. The van der Waals surface area contributed by atoms with Gasteiger partial charge in [-0.05, 0) is 19.8 Å². The first-order chi connectivity index (χ1) is 6.27. The van der Waals surface area contributed by atoms with Gasteiger partial charge in [-0.2, -0.15) is 5.10 Å². The summed E-state index contributed by atoms with van der Waals surface area (Å²) in [4.78, 5) is 4.39. The molecule has 0 radical (unpaired) electrons. The predicted octanol–water partition coefficient (Wildman–Crippen LogP) is 2.76. The van der Waals surface area contributed by atoms with Crippen molar-refractivity contribution < 1.29 is 0 Å². The SMILES string of the molecule is CC(Cl)c1n[nH]c(C2CCCC2)n1. The summed E-state index contributed by atoms with van der Waals surface area (Å²) in [5.74, 6) is 2.35. The maximum absolute atomic E-state index is 5.88. The highest BCUT2D eigenvalue weighted by molar-refractivity contribution is 6.20. The van der Waals surface area contributed by atoms with Crippen molar-refractivity contribution in [3.63, 3.8) is 0 Å². The van der Waals surface area contributed by atoms with Gasteiger partial charge in [0.1, 0.15) is 5.82 Å². The molecule has 1 aromatic rings. The monoisotopic (exact) mass is 199 g/mol. The Kier molecular flexibility index (Phi) is 2.54. The lowest BCUT2D eigenvalue weighted by Gasteiger charge is -2.01. The molecule has 2 rings (SSSR count). The van der Waals surface area contributed by atoms with Gasteiger partial charge in [0.05, 0.1) is 5.38 Å². The second kappa shape index (κ2) is 3.66. The molecule has 0 amide bonds. The molecule has 72 valence electrons. The van der Waals surface area contributed by atoms with Gasteiger partial charge in [0, 0.05) is 5.92 Å². The zero-order chi connectivity index (χ0) is 9.26. The number of alkyl halides is 1. The van der Waals surface area contributed by atoms with Crippen molar-refractivity contribution in [2.24, 2.45) is 0 Å². The van der Waals surface area contributed by atoms with Crippen LogP contribution < -0.4 is 0 Å². The van der Waals surface area contributed by atoms with E-state index < -0.39 is 0 Å². The van der Waals surface area contributed by atoms with E-state index in [1.54, 1.807) is 0 Å². The molecule has 1 aliphatic rings. The first-order valence-electron chi connectivity index (χ1n) is 4.83. The van der Waals surface area contributed by atoms with E-state index in [0.717, 1.165) is 11.6 Å². The van der Waals surface area contributed by atoms with Crippen LogP contribution >= 0.6 is 11.6 Å². The van der Waals surface area contributed by atoms with Gasteiger partial charge in [0.25, 0.3) is 0 Å². The number of halogens is 1. The number of H-pyrrole nitrogens is 1. The van der Waals surface area contributed by atoms with Crippen LogP contribution in [0.5, 0.6) is 0 Å². The maximum Gasteiger partial charge on any atom is 0.168 e. The lowest BCUT2D eigenvalue weighted by atomic mass is 10.1. The zero-order valence-electron chi connectivity index (χ0n) is 7.76. The van der Waals surface area contributed by atoms with Crippen molar-refractivity contribution in [1.82, 2.24) is 15.2 Å². The van der Waals surface area contributed by atoms with Crippen LogP contribution in [0, 0.1) is 0 Å². The number of nitrogens with one attached hydrogen (secondary N) is 1. The van der Waals surface area contributed by atoms with Gasteiger partial charge in [0.2, 0.25) is 0 Å². The van der Waals surface area contributed by atoms with Crippen LogP contribution in [0.3, 0.4) is 0 Å². The van der Waals surface area contributed by atoms with Crippen molar-refractivity contribution in [2.45, 2.75) is 43.9 Å². The molecule has 1 atom stereocenters. The Hall–Kier alpha value is -0.570. The minimum absolute atomic E-state index is 0.0913. The number of nitrogens with zero attached hydrogens (tertiary/aromatic N) is 2. The molecule has 1 heterocycles. The van der Waals surface area contributed by atoms with E-state index in [0.29, 0.717) is 5.92 Å². The Morgan fingerprint density at radius 3 is 2.69 bits per heavy atom. The average molecular weight is 200 g/mol. The summed E-state index contributed by atoms with van der Waals surface area (Å²) in [5, 5.41) is 6.98. The second-order valence-corrected chi connectivity index (χ2v) is 4.33. The number of aromatic nitrogens is 3. The summed E-state index contributed by atoms with van der Waals surface area (Å²) >= 11 is 5.88. The number of hydrogen-bond donors (Lipinski definition) is 1. The number of hydrogen-bond acceptors (Lipinski definition) is 2. The topological polar surface area (TPSA) is 41.6 Å². The smallest absolute Gasteiger partial charge is 0.168 e. The van der Waals surface area contributed by atoms with Crippen molar-refractivity contribution in [2.75, 3.05) is 0 Å². The third-order valence-electron chi connectivity index (χ3n) is 2.62. The lowest BCUT2D eigenvalue weighted by molar-refractivity contribution is 0.671. The van der Waals surface area contributed by atoms with E-state index in [1.807, 2.05) is 6.92 Å². The Morgan fingerprint density at radius 2 is 2.15 bits per heavy atom. The molecule has 1 aromatic heterocycles. The molecule has 1 N–H and O–H groups in total. The van der Waals surface area contributed by atoms with E-state index in [1.165, 1.54) is 25.7 Å². The third-order valence-corrected chi connectivity index (χ3v) is 2.81. The molecular formula is C9H14ClN3. The molecule has 0 bridgehead atoms. The molecule has 0 saturated heterocycles. The Bertz CT molecular complexity index is 276. The van der Waals surface area contributed by atoms with Gasteiger partial charge >= 0.3 is 0 Å². The van der Waals surface area contributed by atoms with Gasteiger partial charge in [-0.15, -0.1) is 11.6 Å². The molecule has 3 nitrogen and oxygen atoms in total. The maximum atomic E-state index is 5.88. The molecule has 4 heteroatoms. The van der Waals surface area contributed by atoms with Crippen LogP contribution in [0.2, 0.25) is 0 Å². The van der Waals surface area contributed by atoms with Crippen LogP contribution in [0.15, 0.2) is 0 Å². The van der Waals surface area contributed by atoms with Crippen molar-refractivity contribution in [3.05, 3.63) is 11.6 Å². The lowest BCUT2D eigenvalue weighted by Crippen LogP contribution is -1.95. The minimum atomic E-state index is -0.0913. The van der Waals surface area contributed by atoms with Gasteiger partial charge in [-0.3, -0.25) is 5.10 Å². The fourth-order valence-corrected chi connectivity index (χ4v) is 1.95. The van der Waals surface area contributed by atoms with Crippen molar-refractivity contribution >= 4 is 11.6 Å². The summed E-state index contributed by atoms with van der Waals surface area (Å²) in [6, 6.07) is 0. The van der Waals surface area contributed by atoms with Crippen molar-refractivity contribution in [3.8, 4) is 0 Å².